The van der Waals surface area contributed by atoms with E-state index >= 15 is 0 Å². The number of rotatable bonds is 5. The van der Waals surface area contributed by atoms with Crippen LogP contribution in [0.15, 0.2) is 36.7 Å². The van der Waals surface area contributed by atoms with Crippen molar-refractivity contribution < 1.29 is 14.8 Å². The van der Waals surface area contributed by atoms with Crippen molar-refractivity contribution in [3.05, 3.63) is 52.3 Å². The van der Waals surface area contributed by atoms with Crippen LogP contribution in [0.4, 0.5) is 5.69 Å². The fourth-order valence-electron chi connectivity index (χ4n) is 3.23. The smallest absolute Gasteiger partial charge is 0.269 e. The summed E-state index contributed by atoms with van der Waals surface area (Å²) in [6, 6.07) is 5.93. The van der Waals surface area contributed by atoms with Crippen LogP contribution in [0, 0.1) is 10.1 Å². The molecule has 1 aromatic carbocycles. The second-order valence-electron chi connectivity index (χ2n) is 6.54. The second-order valence-corrected chi connectivity index (χ2v) is 6.54. The van der Waals surface area contributed by atoms with Crippen molar-refractivity contribution in [2.75, 3.05) is 13.6 Å². The van der Waals surface area contributed by atoms with Crippen LogP contribution in [0.25, 0.3) is 5.69 Å². The van der Waals surface area contributed by atoms with Crippen LogP contribution in [-0.2, 0) is 0 Å². The summed E-state index contributed by atoms with van der Waals surface area (Å²) in [6.07, 6.45) is 6.43. The van der Waals surface area contributed by atoms with Crippen molar-refractivity contribution in [1.82, 2.24) is 14.7 Å². The maximum absolute atomic E-state index is 12.5. The fraction of sp³-hybridized carbons (Fsp3) is 0.412. The molecule has 0 spiro atoms. The number of nitrogens with zero attached hydrogens (tertiary/aromatic N) is 4. The SMILES string of the molecule is CN(CC1(O)CCCC1)C(=O)c1cnn(-c2ccc([N+](=O)[O-])cc2)c1. The van der Waals surface area contributed by atoms with Crippen LogP contribution in [0.5, 0.6) is 0 Å². The highest BCUT2D eigenvalue weighted by molar-refractivity contribution is 5.93. The Morgan fingerprint density at radius 2 is 2.00 bits per heavy atom. The first-order chi connectivity index (χ1) is 11.9. The number of aliphatic hydroxyl groups is 1. The standard InChI is InChI=1S/C17H20N4O4/c1-19(12-17(23)8-2-3-9-17)16(22)13-10-18-20(11-13)14-4-6-15(7-5-14)21(24)25/h4-7,10-11,23H,2-3,8-9,12H2,1H3. The third-order valence-corrected chi connectivity index (χ3v) is 4.57. The van der Waals surface area contributed by atoms with Crippen LogP contribution >= 0.6 is 0 Å². The van der Waals surface area contributed by atoms with Gasteiger partial charge in [-0.05, 0) is 25.0 Å². The zero-order valence-electron chi connectivity index (χ0n) is 14.0. The number of amides is 1. The largest absolute Gasteiger partial charge is 0.388 e. The average molecular weight is 344 g/mol. The summed E-state index contributed by atoms with van der Waals surface area (Å²) in [5, 5.41) is 25.3. The summed E-state index contributed by atoms with van der Waals surface area (Å²) >= 11 is 0. The molecule has 8 heteroatoms. The highest BCUT2D eigenvalue weighted by atomic mass is 16.6. The maximum atomic E-state index is 12.5. The van der Waals surface area contributed by atoms with E-state index in [1.807, 2.05) is 0 Å². The van der Waals surface area contributed by atoms with Crippen molar-refractivity contribution in [3.8, 4) is 5.69 Å². The van der Waals surface area contributed by atoms with E-state index < -0.39 is 10.5 Å². The molecule has 25 heavy (non-hydrogen) atoms. The number of hydrogen-bond donors (Lipinski definition) is 1. The first-order valence-electron chi connectivity index (χ1n) is 8.15. The monoisotopic (exact) mass is 344 g/mol. The van der Waals surface area contributed by atoms with Crippen LogP contribution in [0.3, 0.4) is 0 Å². The quantitative estimate of drug-likeness (QED) is 0.661. The molecular weight excluding hydrogens is 324 g/mol. The lowest BCUT2D eigenvalue weighted by atomic mass is 10.0. The van der Waals surface area contributed by atoms with E-state index in [0.29, 0.717) is 30.6 Å². The van der Waals surface area contributed by atoms with Crippen LogP contribution in [0.2, 0.25) is 0 Å². The molecule has 132 valence electrons. The third-order valence-electron chi connectivity index (χ3n) is 4.57. The average Bonchev–Trinajstić information content (AvgIpc) is 3.23. The van der Waals surface area contributed by atoms with E-state index in [0.717, 1.165) is 12.8 Å². The molecule has 1 N–H and O–H groups in total. The number of carbonyl (C=O) groups is 1. The highest BCUT2D eigenvalue weighted by Gasteiger charge is 2.33. The Balaban J connectivity index is 1.71. The fourth-order valence-corrected chi connectivity index (χ4v) is 3.23. The predicted molar refractivity (Wildman–Crippen MR) is 90.6 cm³/mol. The van der Waals surface area contributed by atoms with Gasteiger partial charge < -0.3 is 10.0 Å². The minimum Gasteiger partial charge on any atom is -0.388 e. The van der Waals surface area contributed by atoms with Gasteiger partial charge in [-0.3, -0.25) is 14.9 Å². The number of benzene rings is 1. The van der Waals surface area contributed by atoms with E-state index in [1.54, 1.807) is 25.4 Å². The van der Waals surface area contributed by atoms with Crippen molar-refractivity contribution in [2.45, 2.75) is 31.3 Å². The Morgan fingerprint density at radius 3 is 2.60 bits per heavy atom. The molecule has 1 heterocycles. The lowest BCUT2D eigenvalue weighted by Gasteiger charge is -2.28. The summed E-state index contributed by atoms with van der Waals surface area (Å²) in [7, 11) is 1.67. The van der Waals surface area contributed by atoms with Gasteiger partial charge in [0, 0.05) is 31.9 Å². The van der Waals surface area contributed by atoms with Gasteiger partial charge in [-0.15, -0.1) is 0 Å². The van der Waals surface area contributed by atoms with Gasteiger partial charge in [-0.1, -0.05) is 12.8 Å². The zero-order chi connectivity index (χ0) is 18.0. The molecule has 1 aliphatic rings. The molecule has 3 rings (SSSR count). The van der Waals surface area contributed by atoms with Crippen molar-refractivity contribution in [1.29, 1.82) is 0 Å². The van der Waals surface area contributed by atoms with Gasteiger partial charge in [0.25, 0.3) is 11.6 Å². The Kier molecular flexibility index (Phi) is 4.54. The van der Waals surface area contributed by atoms with E-state index in [2.05, 4.69) is 5.10 Å². The summed E-state index contributed by atoms with van der Waals surface area (Å²) in [6.45, 7) is 0.300. The predicted octanol–water partition coefficient (Wildman–Crippen LogP) is 2.16. The van der Waals surface area contributed by atoms with E-state index in [-0.39, 0.29) is 11.6 Å². The minimum atomic E-state index is -0.793. The van der Waals surface area contributed by atoms with Crippen molar-refractivity contribution >= 4 is 11.6 Å². The van der Waals surface area contributed by atoms with Gasteiger partial charge in [0.15, 0.2) is 0 Å². The minimum absolute atomic E-state index is 0.00301. The number of non-ortho nitro benzene ring substituents is 1. The van der Waals surface area contributed by atoms with Gasteiger partial charge in [-0.2, -0.15) is 5.10 Å². The Labute approximate surface area is 144 Å². The van der Waals surface area contributed by atoms with E-state index in [4.69, 9.17) is 0 Å². The van der Waals surface area contributed by atoms with Crippen LogP contribution in [-0.4, -0.2) is 49.8 Å². The Bertz CT molecular complexity index is 778. The lowest BCUT2D eigenvalue weighted by Crippen LogP contribution is -2.41. The van der Waals surface area contributed by atoms with Crippen LogP contribution < -0.4 is 0 Å². The van der Waals surface area contributed by atoms with Crippen molar-refractivity contribution in [3.63, 3.8) is 0 Å². The first-order valence-corrected chi connectivity index (χ1v) is 8.15. The third kappa shape index (κ3) is 3.69. The number of aromatic nitrogens is 2. The summed E-state index contributed by atoms with van der Waals surface area (Å²) in [5.74, 6) is -0.214. The maximum Gasteiger partial charge on any atom is 0.269 e. The number of nitro groups is 1. The van der Waals surface area contributed by atoms with Gasteiger partial charge in [0.2, 0.25) is 0 Å². The number of likely N-dealkylation sites (N-methyl/N-ethyl adjacent to an activating group) is 1. The lowest BCUT2D eigenvalue weighted by molar-refractivity contribution is -0.384. The highest BCUT2D eigenvalue weighted by Crippen LogP contribution is 2.30. The molecule has 8 nitrogen and oxygen atoms in total. The number of hydrogen-bond acceptors (Lipinski definition) is 5. The molecule has 0 atom stereocenters. The van der Waals surface area contributed by atoms with Crippen LogP contribution in [0.1, 0.15) is 36.0 Å². The normalized spacial score (nSPS) is 15.9. The summed E-state index contributed by atoms with van der Waals surface area (Å²) in [5.41, 5.74) is 0.236. The number of carbonyl (C=O) groups excluding carboxylic acids is 1. The van der Waals surface area contributed by atoms with Gasteiger partial charge in [0.05, 0.1) is 28.0 Å². The Morgan fingerprint density at radius 1 is 1.36 bits per heavy atom. The molecule has 0 aliphatic heterocycles. The zero-order valence-corrected chi connectivity index (χ0v) is 14.0. The first kappa shape index (κ1) is 17.1. The molecule has 2 aromatic rings. The molecule has 0 bridgehead atoms. The number of nitro benzene ring substituents is 1. The molecule has 0 saturated heterocycles. The molecular formula is C17H20N4O4. The second kappa shape index (κ2) is 6.64. The summed E-state index contributed by atoms with van der Waals surface area (Å²) < 4.78 is 1.50. The van der Waals surface area contributed by atoms with Gasteiger partial charge >= 0.3 is 0 Å². The van der Waals surface area contributed by atoms with E-state index in [1.165, 1.54) is 27.9 Å². The van der Waals surface area contributed by atoms with Crippen molar-refractivity contribution in [2.24, 2.45) is 0 Å². The van der Waals surface area contributed by atoms with E-state index in [9.17, 15) is 20.0 Å². The molecule has 1 amide bonds. The molecule has 1 fully saturated rings. The van der Waals surface area contributed by atoms with Gasteiger partial charge in [0.1, 0.15) is 0 Å². The molecule has 1 aromatic heterocycles. The summed E-state index contributed by atoms with van der Waals surface area (Å²) in [4.78, 5) is 24.3. The van der Waals surface area contributed by atoms with Gasteiger partial charge in [-0.25, -0.2) is 4.68 Å². The molecule has 1 aliphatic carbocycles. The molecule has 0 radical (unpaired) electrons. The Hall–Kier alpha value is -2.74. The topological polar surface area (TPSA) is 102 Å². The molecule has 0 unspecified atom stereocenters. The molecule has 1 saturated carbocycles.